The fourth-order valence-electron chi connectivity index (χ4n) is 0.680. The minimum Gasteiger partial charge on any atom is -0.115 e. The molecule has 1 rings (SSSR count). The fraction of sp³-hybridized carbons (Fsp3) is 0. The average molecular weight is 339 g/mol. The molecule has 0 unspecified atom stereocenters. The van der Waals surface area contributed by atoms with Crippen LogP contribution in [0.4, 0.5) is 0 Å². The van der Waals surface area contributed by atoms with Gasteiger partial charge in [0.15, 0.2) is 0 Å². The molecule has 0 saturated carbocycles. The van der Waals surface area contributed by atoms with E-state index in [1.165, 1.54) is 0 Å². The first-order valence-corrected chi connectivity index (χ1v) is 5.14. The number of hydrogen-bond acceptors (Lipinski definition) is 0. The molecule has 0 N–H and O–H groups in total. The predicted octanol–water partition coefficient (Wildman–Crippen LogP) is 3.96. The van der Waals surface area contributed by atoms with Crippen molar-refractivity contribution in [3.8, 4) is 12.3 Å². The van der Waals surface area contributed by atoms with Crippen molar-refractivity contribution in [1.29, 1.82) is 0 Å². The first kappa shape index (κ1) is 9.31. The summed E-state index contributed by atoms with van der Waals surface area (Å²) in [5, 5.41) is 0. The van der Waals surface area contributed by atoms with E-state index in [-0.39, 0.29) is 0 Å². The Hall–Kier alpha value is 0.220. The van der Waals surface area contributed by atoms with Crippen LogP contribution in [-0.4, -0.2) is 0 Å². The SMILES string of the molecule is C#Cc1c(Br)cc(Br)cc1Br. The van der Waals surface area contributed by atoms with Crippen LogP contribution in [0.1, 0.15) is 5.56 Å². The molecule has 0 aliphatic rings. The largest absolute Gasteiger partial charge is 0.115 e. The number of hydrogen-bond donors (Lipinski definition) is 0. The Labute approximate surface area is 90.8 Å². The summed E-state index contributed by atoms with van der Waals surface area (Å²) in [5.74, 6) is 2.58. The molecule has 0 bridgehead atoms. The van der Waals surface area contributed by atoms with Gasteiger partial charge in [-0.3, -0.25) is 0 Å². The van der Waals surface area contributed by atoms with Crippen molar-refractivity contribution >= 4 is 47.8 Å². The van der Waals surface area contributed by atoms with Crippen molar-refractivity contribution < 1.29 is 0 Å². The molecule has 0 aliphatic heterocycles. The Bertz CT molecular complexity index is 300. The van der Waals surface area contributed by atoms with E-state index in [4.69, 9.17) is 6.42 Å². The molecule has 11 heavy (non-hydrogen) atoms. The lowest BCUT2D eigenvalue weighted by molar-refractivity contribution is 1.51. The molecule has 1 aromatic rings. The third-order valence-corrected chi connectivity index (χ3v) is 2.86. The summed E-state index contributed by atoms with van der Waals surface area (Å²) >= 11 is 10.1. The van der Waals surface area contributed by atoms with E-state index in [0.29, 0.717) is 0 Å². The smallest absolute Gasteiger partial charge is 0.0527 e. The molecule has 0 saturated heterocycles. The molecule has 0 aliphatic carbocycles. The number of terminal acetylenes is 1. The van der Waals surface area contributed by atoms with Crippen LogP contribution in [0.3, 0.4) is 0 Å². The molecule has 0 fully saturated rings. The van der Waals surface area contributed by atoms with E-state index < -0.39 is 0 Å². The lowest BCUT2D eigenvalue weighted by Crippen LogP contribution is -1.79. The van der Waals surface area contributed by atoms with Crippen molar-refractivity contribution in [2.45, 2.75) is 0 Å². The summed E-state index contributed by atoms with van der Waals surface area (Å²) < 4.78 is 2.83. The maximum atomic E-state index is 5.28. The van der Waals surface area contributed by atoms with Gasteiger partial charge < -0.3 is 0 Å². The zero-order valence-electron chi connectivity index (χ0n) is 5.37. The monoisotopic (exact) mass is 336 g/mol. The summed E-state index contributed by atoms with van der Waals surface area (Å²) in [5.41, 5.74) is 0.841. The molecule has 0 nitrogen and oxygen atoms in total. The van der Waals surface area contributed by atoms with Crippen LogP contribution in [0.2, 0.25) is 0 Å². The van der Waals surface area contributed by atoms with Crippen LogP contribution >= 0.6 is 47.8 Å². The highest BCUT2D eigenvalue weighted by molar-refractivity contribution is 9.11. The van der Waals surface area contributed by atoms with E-state index >= 15 is 0 Å². The Morgan fingerprint density at radius 1 is 1.09 bits per heavy atom. The molecule has 1 aromatic carbocycles. The van der Waals surface area contributed by atoms with Gasteiger partial charge in [-0.05, 0) is 44.0 Å². The quantitative estimate of drug-likeness (QED) is 0.628. The molecule has 0 spiro atoms. The highest BCUT2D eigenvalue weighted by Gasteiger charge is 2.02. The molecular formula is C8H3Br3. The molecule has 0 heterocycles. The molecular weight excluding hydrogens is 336 g/mol. The average Bonchev–Trinajstić information content (AvgIpc) is 1.85. The van der Waals surface area contributed by atoms with E-state index in [1.54, 1.807) is 0 Å². The van der Waals surface area contributed by atoms with Gasteiger partial charge in [0, 0.05) is 13.4 Å². The maximum absolute atomic E-state index is 5.28. The van der Waals surface area contributed by atoms with Crippen LogP contribution in [0.25, 0.3) is 0 Å². The second-order valence-corrected chi connectivity index (χ2v) is 4.51. The Morgan fingerprint density at radius 3 is 1.91 bits per heavy atom. The van der Waals surface area contributed by atoms with Crippen molar-refractivity contribution in [1.82, 2.24) is 0 Å². The number of halogens is 3. The van der Waals surface area contributed by atoms with Gasteiger partial charge in [0.1, 0.15) is 0 Å². The second kappa shape index (κ2) is 3.75. The third kappa shape index (κ3) is 2.08. The van der Waals surface area contributed by atoms with Crippen LogP contribution in [-0.2, 0) is 0 Å². The topological polar surface area (TPSA) is 0 Å². The molecule has 0 radical (unpaired) electrons. The fourth-order valence-corrected chi connectivity index (χ4v) is 3.17. The van der Waals surface area contributed by atoms with Gasteiger partial charge in [-0.25, -0.2) is 0 Å². The highest BCUT2D eigenvalue weighted by Crippen LogP contribution is 2.28. The van der Waals surface area contributed by atoms with Gasteiger partial charge >= 0.3 is 0 Å². The van der Waals surface area contributed by atoms with Gasteiger partial charge in [-0.1, -0.05) is 21.9 Å². The first-order valence-electron chi connectivity index (χ1n) is 2.76. The number of benzene rings is 1. The third-order valence-electron chi connectivity index (χ3n) is 1.15. The first-order chi connectivity index (χ1) is 5.15. The van der Waals surface area contributed by atoms with Crippen LogP contribution in [0.5, 0.6) is 0 Å². The summed E-state index contributed by atoms with van der Waals surface area (Å²) in [7, 11) is 0. The van der Waals surface area contributed by atoms with Gasteiger partial charge in [-0.15, -0.1) is 6.42 Å². The summed E-state index contributed by atoms with van der Waals surface area (Å²) in [4.78, 5) is 0. The minimum atomic E-state index is 0.841. The normalized spacial score (nSPS) is 9.27. The molecule has 0 amide bonds. The predicted molar refractivity (Wildman–Crippen MR) is 57.5 cm³/mol. The van der Waals surface area contributed by atoms with Crippen molar-refractivity contribution in [3.63, 3.8) is 0 Å². The standard InChI is InChI=1S/C8H3Br3/c1-2-6-7(10)3-5(9)4-8(6)11/h1,3-4H. The van der Waals surface area contributed by atoms with Gasteiger partial charge in [-0.2, -0.15) is 0 Å². The lowest BCUT2D eigenvalue weighted by Gasteiger charge is -2.00. The van der Waals surface area contributed by atoms with Gasteiger partial charge in [0.2, 0.25) is 0 Å². The van der Waals surface area contributed by atoms with Crippen molar-refractivity contribution in [3.05, 3.63) is 31.1 Å². The minimum absolute atomic E-state index is 0.841. The van der Waals surface area contributed by atoms with Crippen LogP contribution in [0.15, 0.2) is 25.6 Å². The Balaban J connectivity index is 3.40. The zero-order valence-corrected chi connectivity index (χ0v) is 10.1. The lowest BCUT2D eigenvalue weighted by atomic mass is 10.2. The van der Waals surface area contributed by atoms with Crippen molar-refractivity contribution in [2.24, 2.45) is 0 Å². The number of rotatable bonds is 0. The summed E-state index contributed by atoms with van der Waals surface area (Å²) in [6.45, 7) is 0. The Morgan fingerprint density at radius 2 is 1.55 bits per heavy atom. The second-order valence-electron chi connectivity index (χ2n) is 1.89. The molecule has 0 aromatic heterocycles. The van der Waals surface area contributed by atoms with E-state index in [2.05, 4.69) is 53.7 Å². The summed E-state index contributed by atoms with van der Waals surface area (Å²) in [6.07, 6.45) is 5.28. The maximum Gasteiger partial charge on any atom is 0.0527 e. The van der Waals surface area contributed by atoms with E-state index in [1.807, 2.05) is 12.1 Å². The van der Waals surface area contributed by atoms with Crippen LogP contribution in [0, 0.1) is 12.3 Å². The van der Waals surface area contributed by atoms with Gasteiger partial charge in [0.05, 0.1) is 5.56 Å². The van der Waals surface area contributed by atoms with Gasteiger partial charge in [0.25, 0.3) is 0 Å². The molecule has 0 atom stereocenters. The Kier molecular flexibility index (Phi) is 3.17. The van der Waals surface area contributed by atoms with E-state index in [9.17, 15) is 0 Å². The van der Waals surface area contributed by atoms with Crippen LogP contribution < -0.4 is 0 Å². The summed E-state index contributed by atoms with van der Waals surface area (Å²) in [6, 6.07) is 3.83. The van der Waals surface area contributed by atoms with E-state index in [0.717, 1.165) is 19.0 Å². The highest BCUT2D eigenvalue weighted by atomic mass is 79.9. The van der Waals surface area contributed by atoms with Crippen molar-refractivity contribution in [2.75, 3.05) is 0 Å². The molecule has 3 heteroatoms. The zero-order chi connectivity index (χ0) is 8.43. The molecule has 56 valence electrons.